The molecule has 29 heavy (non-hydrogen) atoms. The van der Waals surface area contributed by atoms with Gasteiger partial charge < -0.3 is 14.6 Å². The van der Waals surface area contributed by atoms with Crippen molar-refractivity contribution in [1.29, 1.82) is 0 Å². The van der Waals surface area contributed by atoms with E-state index in [0.717, 1.165) is 11.1 Å². The fraction of sp³-hybridized carbons (Fsp3) is 0.130. The third kappa shape index (κ3) is 5.35. The minimum Gasteiger partial charge on any atom is -0.493 e. The first kappa shape index (κ1) is 19.9. The summed E-state index contributed by atoms with van der Waals surface area (Å²) >= 11 is 0. The van der Waals surface area contributed by atoms with E-state index in [-0.39, 0.29) is 5.56 Å². The van der Waals surface area contributed by atoms with Crippen molar-refractivity contribution in [3.05, 3.63) is 89.0 Å². The maximum Gasteiger partial charge on any atom is 0.337 e. The standard InChI is InChI=1S/C23H22N2O4/c1-16-7-9-17(10-8-16)15-29-22-13-18(11-12-21(22)28-2)14-24-25-20-6-4-3-5-19(20)23(26)27/h3-14,25H,15H2,1-2H3,(H,26,27). The molecular weight excluding hydrogens is 368 g/mol. The fourth-order valence-corrected chi connectivity index (χ4v) is 2.68. The molecule has 3 rings (SSSR count). The van der Waals surface area contributed by atoms with Crippen LogP contribution in [0.2, 0.25) is 0 Å². The third-order valence-corrected chi connectivity index (χ3v) is 4.26. The van der Waals surface area contributed by atoms with Crippen molar-refractivity contribution in [3.63, 3.8) is 0 Å². The van der Waals surface area contributed by atoms with Gasteiger partial charge in [0.05, 0.1) is 24.6 Å². The van der Waals surface area contributed by atoms with Crippen molar-refractivity contribution in [3.8, 4) is 11.5 Å². The number of para-hydroxylation sites is 1. The molecule has 0 aromatic heterocycles. The molecule has 0 unspecified atom stereocenters. The average Bonchev–Trinajstić information content (AvgIpc) is 2.73. The molecule has 0 saturated carbocycles. The van der Waals surface area contributed by atoms with Gasteiger partial charge in [0.15, 0.2) is 11.5 Å². The highest BCUT2D eigenvalue weighted by molar-refractivity contribution is 5.94. The number of aryl methyl sites for hydroxylation is 1. The first-order valence-corrected chi connectivity index (χ1v) is 9.04. The lowest BCUT2D eigenvalue weighted by Crippen LogP contribution is -2.02. The van der Waals surface area contributed by atoms with Gasteiger partial charge in [0.1, 0.15) is 6.61 Å². The summed E-state index contributed by atoms with van der Waals surface area (Å²) in [6, 6.07) is 20.2. The first-order chi connectivity index (χ1) is 14.1. The highest BCUT2D eigenvalue weighted by Gasteiger charge is 2.08. The Morgan fingerprint density at radius 2 is 1.83 bits per heavy atom. The Morgan fingerprint density at radius 1 is 1.07 bits per heavy atom. The minimum atomic E-state index is -1.01. The smallest absolute Gasteiger partial charge is 0.337 e. The van der Waals surface area contributed by atoms with Gasteiger partial charge in [0.2, 0.25) is 0 Å². The SMILES string of the molecule is COc1ccc(C=NNc2ccccc2C(=O)O)cc1OCc1ccc(C)cc1. The summed E-state index contributed by atoms with van der Waals surface area (Å²) in [5.74, 6) is 0.209. The summed E-state index contributed by atoms with van der Waals surface area (Å²) in [5.41, 5.74) is 6.38. The quantitative estimate of drug-likeness (QED) is 0.429. The predicted octanol–water partition coefficient (Wildman–Crippen LogP) is 4.73. The summed E-state index contributed by atoms with van der Waals surface area (Å²) in [7, 11) is 1.59. The number of ether oxygens (including phenoxy) is 2. The second-order valence-electron chi connectivity index (χ2n) is 6.41. The van der Waals surface area contributed by atoms with Crippen LogP contribution >= 0.6 is 0 Å². The van der Waals surface area contributed by atoms with E-state index in [1.807, 2.05) is 43.3 Å². The zero-order chi connectivity index (χ0) is 20.6. The maximum atomic E-state index is 11.3. The van der Waals surface area contributed by atoms with E-state index in [1.54, 1.807) is 37.6 Å². The van der Waals surface area contributed by atoms with Crippen molar-refractivity contribution in [2.75, 3.05) is 12.5 Å². The van der Waals surface area contributed by atoms with E-state index >= 15 is 0 Å². The molecule has 2 N–H and O–H groups in total. The number of aromatic carboxylic acids is 1. The summed E-state index contributed by atoms with van der Waals surface area (Å²) < 4.78 is 11.3. The molecule has 3 aromatic carbocycles. The van der Waals surface area contributed by atoms with Crippen LogP contribution in [0.25, 0.3) is 0 Å². The minimum absolute atomic E-state index is 0.154. The zero-order valence-electron chi connectivity index (χ0n) is 16.3. The third-order valence-electron chi connectivity index (χ3n) is 4.26. The second-order valence-corrected chi connectivity index (χ2v) is 6.41. The molecule has 148 valence electrons. The van der Waals surface area contributed by atoms with E-state index in [1.165, 1.54) is 11.6 Å². The van der Waals surface area contributed by atoms with Crippen LogP contribution in [0.5, 0.6) is 11.5 Å². The molecule has 6 heteroatoms. The Kier molecular flexibility index (Phi) is 6.47. The van der Waals surface area contributed by atoms with Crippen molar-refractivity contribution in [1.82, 2.24) is 0 Å². The molecule has 0 amide bonds. The number of hydrogen-bond acceptors (Lipinski definition) is 5. The molecule has 6 nitrogen and oxygen atoms in total. The number of carboxylic acid groups (broad SMARTS) is 1. The number of hydrogen-bond donors (Lipinski definition) is 2. The van der Waals surface area contributed by atoms with E-state index in [0.29, 0.717) is 23.8 Å². The monoisotopic (exact) mass is 390 g/mol. The Balaban J connectivity index is 1.72. The molecule has 0 fully saturated rings. The van der Waals surface area contributed by atoms with Gasteiger partial charge in [-0.15, -0.1) is 0 Å². The summed E-state index contributed by atoms with van der Waals surface area (Å²) in [6.45, 7) is 2.46. The summed E-state index contributed by atoms with van der Waals surface area (Å²) in [6.07, 6.45) is 1.59. The lowest BCUT2D eigenvalue weighted by Gasteiger charge is -2.11. The Labute approximate surface area is 169 Å². The molecule has 0 bridgehead atoms. The van der Waals surface area contributed by atoms with Crippen LogP contribution < -0.4 is 14.9 Å². The summed E-state index contributed by atoms with van der Waals surface area (Å²) in [5, 5.41) is 13.4. The van der Waals surface area contributed by atoms with Crippen LogP contribution in [0.15, 0.2) is 71.8 Å². The molecule has 0 saturated heterocycles. The normalized spacial score (nSPS) is 10.7. The number of rotatable bonds is 8. The Bertz CT molecular complexity index is 1010. The molecular formula is C23H22N2O4. The first-order valence-electron chi connectivity index (χ1n) is 9.04. The number of methoxy groups -OCH3 is 1. The Morgan fingerprint density at radius 3 is 2.55 bits per heavy atom. The van der Waals surface area contributed by atoms with Crippen LogP contribution in [-0.4, -0.2) is 24.4 Å². The number of hydrazone groups is 1. The fourth-order valence-electron chi connectivity index (χ4n) is 2.68. The molecule has 0 aliphatic heterocycles. The lowest BCUT2D eigenvalue weighted by atomic mass is 10.1. The van der Waals surface area contributed by atoms with Gasteiger partial charge in [-0.25, -0.2) is 4.79 Å². The van der Waals surface area contributed by atoms with E-state index < -0.39 is 5.97 Å². The molecule has 3 aromatic rings. The van der Waals surface area contributed by atoms with E-state index in [4.69, 9.17) is 9.47 Å². The highest BCUT2D eigenvalue weighted by Crippen LogP contribution is 2.28. The van der Waals surface area contributed by atoms with Crippen molar-refractivity contribution < 1.29 is 19.4 Å². The van der Waals surface area contributed by atoms with Gasteiger partial charge in [-0.05, 0) is 48.4 Å². The van der Waals surface area contributed by atoms with Gasteiger partial charge in [-0.1, -0.05) is 42.0 Å². The van der Waals surface area contributed by atoms with Gasteiger partial charge in [0.25, 0.3) is 0 Å². The number of anilines is 1. The second kappa shape index (κ2) is 9.41. The maximum absolute atomic E-state index is 11.3. The van der Waals surface area contributed by atoms with Crippen LogP contribution in [-0.2, 0) is 6.61 Å². The molecule has 0 heterocycles. The van der Waals surface area contributed by atoms with Gasteiger partial charge in [-0.3, -0.25) is 5.43 Å². The zero-order valence-corrected chi connectivity index (χ0v) is 16.3. The molecule has 0 spiro atoms. The van der Waals surface area contributed by atoms with Crippen molar-refractivity contribution in [2.45, 2.75) is 13.5 Å². The topological polar surface area (TPSA) is 80.2 Å². The molecule has 0 radical (unpaired) electrons. The molecule has 0 aliphatic carbocycles. The van der Waals surface area contributed by atoms with Gasteiger partial charge in [-0.2, -0.15) is 5.10 Å². The number of nitrogens with one attached hydrogen (secondary N) is 1. The Hall–Kier alpha value is -3.80. The van der Waals surface area contributed by atoms with Gasteiger partial charge >= 0.3 is 5.97 Å². The predicted molar refractivity (Wildman–Crippen MR) is 113 cm³/mol. The van der Waals surface area contributed by atoms with Crippen LogP contribution in [0.4, 0.5) is 5.69 Å². The lowest BCUT2D eigenvalue weighted by molar-refractivity contribution is 0.0698. The highest BCUT2D eigenvalue weighted by atomic mass is 16.5. The number of benzene rings is 3. The van der Waals surface area contributed by atoms with Crippen molar-refractivity contribution >= 4 is 17.9 Å². The largest absolute Gasteiger partial charge is 0.493 e. The molecule has 0 aliphatic rings. The average molecular weight is 390 g/mol. The summed E-state index contributed by atoms with van der Waals surface area (Å²) in [4.78, 5) is 11.3. The van der Waals surface area contributed by atoms with Crippen LogP contribution in [0.3, 0.4) is 0 Å². The van der Waals surface area contributed by atoms with Crippen molar-refractivity contribution in [2.24, 2.45) is 5.10 Å². The van der Waals surface area contributed by atoms with Gasteiger partial charge in [0, 0.05) is 0 Å². The van der Waals surface area contributed by atoms with Crippen LogP contribution in [0, 0.1) is 6.92 Å². The van der Waals surface area contributed by atoms with Crippen LogP contribution in [0.1, 0.15) is 27.0 Å². The number of carbonyl (C=O) groups is 1. The van der Waals surface area contributed by atoms with E-state index in [2.05, 4.69) is 10.5 Å². The number of nitrogens with zero attached hydrogens (tertiary/aromatic N) is 1. The van der Waals surface area contributed by atoms with E-state index in [9.17, 15) is 9.90 Å². The number of carboxylic acids is 1. The molecule has 0 atom stereocenters.